The Morgan fingerprint density at radius 2 is 2.05 bits per heavy atom. The monoisotopic (exact) mass is 301 g/mol. The van der Waals surface area contributed by atoms with E-state index in [0.717, 1.165) is 29.8 Å². The van der Waals surface area contributed by atoms with Crippen molar-refractivity contribution in [3.63, 3.8) is 0 Å². The molecule has 0 saturated carbocycles. The first-order valence-electron chi connectivity index (χ1n) is 7.53. The number of hydrogen-bond donors (Lipinski definition) is 1. The van der Waals surface area contributed by atoms with Crippen molar-refractivity contribution in [1.29, 1.82) is 0 Å². The molecule has 1 heterocycles. The van der Waals surface area contributed by atoms with Gasteiger partial charge in [0, 0.05) is 25.5 Å². The molecule has 22 heavy (non-hydrogen) atoms. The summed E-state index contributed by atoms with van der Waals surface area (Å²) < 4.78 is 7.70. The van der Waals surface area contributed by atoms with E-state index in [9.17, 15) is 4.79 Å². The lowest BCUT2D eigenvalue weighted by atomic mass is 10.1. The lowest BCUT2D eigenvalue weighted by Gasteiger charge is -2.15. The summed E-state index contributed by atoms with van der Waals surface area (Å²) in [5, 5.41) is 2.90. The van der Waals surface area contributed by atoms with E-state index in [2.05, 4.69) is 16.4 Å². The average Bonchev–Trinajstić information content (AvgIpc) is 2.95. The fourth-order valence-corrected chi connectivity index (χ4v) is 2.29. The first kappa shape index (κ1) is 16.1. The van der Waals surface area contributed by atoms with E-state index in [0.29, 0.717) is 6.54 Å². The molecule has 2 rings (SSSR count). The molecule has 0 aliphatic carbocycles. The van der Waals surface area contributed by atoms with Gasteiger partial charge in [-0.2, -0.15) is 0 Å². The van der Waals surface area contributed by atoms with Crippen molar-refractivity contribution >= 4 is 5.91 Å². The van der Waals surface area contributed by atoms with Gasteiger partial charge in [-0.3, -0.25) is 4.79 Å². The molecule has 1 N–H and O–H groups in total. The minimum atomic E-state index is -0.505. The second-order valence-electron chi connectivity index (χ2n) is 5.53. The van der Waals surface area contributed by atoms with Crippen LogP contribution in [-0.4, -0.2) is 28.1 Å². The van der Waals surface area contributed by atoms with Gasteiger partial charge in [-0.05, 0) is 50.5 Å². The largest absolute Gasteiger partial charge is 0.481 e. The number of nitrogens with one attached hydrogen (secondary N) is 1. The highest BCUT2D eigenvalue weighted by atomic mass is 16.5. The number of benzene rings is 1. The van der Waals surface area contributed by atoms with Crippen LogP contribution in [0.2, 0.25) is 0 Å². The Kier molecular flexibility index (Phi) is 5.58. The number of hydrogen-bond acceptors (Lipinski definition) is 3. The quantitative estimate of drug-likeness (QED) is 0.799. The molecule has 0 unspecified atom stereocenters. The number of carbonyl (C=O) groups excluding carboxylic acids is 1. The number of aromatic nitrogens is 2. The zero-order valence-corrected chi connectivity index (χ0v) is 13.4. The van der Waals surface area contributed by atoms with E-state index in [1.165, 1.54) is 0 Å². The van der Waals surface area contributed by atoms with Gasteiger partial charge in [-0.15, -0.1) is 0 Å². The van der Waals surface area contributed by atoms with Crippen molar-refractivity contribution in [2.75, 3.05) is 6.54 Å². The molecule has 5 nitrogen and oxygen atoms in total. The van der Waals surface area contributed by atoms with E-state index in [1.54, 1.807) is 19.4 Å². The number of aryl methyl sites for hydroxylation is 3. The Balaban J connectivity index is 1.74. The maximum atomic E-state index is 12.0. The third-order valence-corrected chi connectivity index (χ3v) is 3.33. The Hall–Kier alpha value is -2.30. The molecule has 118 valence electrons. The van der Waals surface area contributed by atoms with Crippen LogP contribution in [0.3, 0.4) is 0 Å². The molecule has 0 spiro atoms. The SMILES string of the molecule is Cc1cc(C)cc(O[C@H](C)C(=O)NCCCn2ccnc2)c1. The van der Waals surface area contributed by atoms with E-state index in [1.807, 2.05) is 36.7 Å². The lowest BCUT2D eigenvalue weighted by Crippen LogP contribution is -2.37. The highest BCUT2D eigenvalue weighted by Crippen LogP contribution is 2.17. The molecule has 0 aliphatic heterocycles. The predicted octanol–water partition coefficient (Wildman–Crippen LogP) is 2.47. The molecule has 0 aliphatic rings. The van der Waals surface area contributed by atoms with Crippen LogP contribution in [0.15, 0.2) is 36.9 Å². The van der Waals surface area contributed by atoms with Crippen LogP contribution >= 0.6 is 0 Å². The summed E-state index contributed by atoms with van der Waals surface area (Å²) in [5.74, 6) is 0.642. The van der Waals surface area contributed by atoms with Gasteiger partial charge in [0.15, 0.2) is 6.10 Å². The molecule has 5 heteroatoms. The summed E-state index contributed by atoms with van der Waals surface area (Å²) in [6.45, 7) is 7.26. The fourth-order valence-electron chi connectivity index (χ4n) is 2.29. The van der Waals surface area contributed by atoms with Crippen LogP contribution in [0, 0.1) is 13.8 Å². The van der Waals surface area contributed by atoms with Crippen LogP contribution in [0.25, 0.3) is 0 Å². The number of amides is 1. The number of carbonyl (C=O) groups is 1. The number of ether oxygens (including phenoxy) is 1. The molecule has 2 aromatic rings. The number of rotatable bonds is 7. The van der Waals surface area contributed by atoms with E-state index in [-0.39, 0.29) is 5.91 Å². The highest BCUT2D eigenvalue weighted by molar-refractivity contribution is 5.80. The van der Waals surface area contributed by atoms with Crippen molar-refractivity contribution in [2.24, 2.45) is 0 Å². The summed E-state index contributed by atoms with van der Waals surface area (Å²) >= 11 is 0. The third kappa shape index (κ3) is 4.91. The van der Waals surface area contributed by atoms with Gasteiger partial charge < -0.3 is 14.6 Å². The molecule has 0 radical (unpaired) electrons. The van der Waals surface area contributed by atoms with Crippen molar-refractivity contribution in [1.82, 2.24) is 14.9 Å². The van der Waals surface area contributed by atoms with Gasteiger partial charge in [0.2, 0.25) is 0 Å². The molecule has 1 aromatic heterocycles. The molecular formula is C17H23N3O2. The van der Waals surface area contributed by atoms with Crippen LogP contribution in [0.4, 0.5) is 0 Å². The number of nitrogens with zero attached hydrogens (tertiary/aromatic N) is 2. The summed E-state index contributed by atoms with van der Waals surface area (Å²) in [7, 11) is 0. The lowest BCUT2D eigenvalue weighted by molar-refractivity contribution is -0.127. The Bertz CT molecular complexity index is 588. The average molecular weight is 301 g/mol. The summed E-state index contributed by atoms with van der Waals surface area (Å²) in [6.07, 6.45) is 5.78. The first-order chi connectivity index (χ1) is 10.5. The van der Waals surface area contributed by atoms with Crippen molar-refractivity contribution in [3.05, 3.63) is 48.0 Å². The molecule has 0 fully saturated rings. The maximum Gasteiger partial charge on any atom is 0.260 e. The molecule has 0 bridgehead atoms. The normalized spacial score (nSPS) is 12.0. The smallest absolute Gasteiger partial charge is 0.260 e. The van der Waals surface area contributed by atoms with Gasteiger partial charge in [0.1, 0.15) is 5.75 Å². The van der Waals surface area contributed by atoms with Gasteiger partial charge in [-0.1, -0.05) is 6.07 Å². The molecule has 1 amide bonds. The Morgan fingerprint density at radius 1 is 1.32 bits per heavy atom. The minimum Gasteiger partial charge on any atom is -0.481 e. The third-order valence-electron chi connectivity index (χ3n) is 3.33. The fraction of sp³-hybridized carbons (Fsp3) is 0.412. The summed E-state index contributed by atoms with van der Waals surface area (Å²) in [5.41, 5.74) is 2.26. The van der Waals surface area contributed by atoms with E-state index >= 15 is 0 Å². The molecule has 1 atom stereocenters. The highest BCUT2D eigenvalue weighted by Gasteiger charge is 2.14. The number of imidazole rings is 1. The topological polar surface area (TPSA) is 56.1 Å². The molecule has 1 aromatic carbocycles. The van der Waals surface area contributed by atoms with Gasteiger partial charge in [0.25, 0.3) is 5.91 Å². The predicted molar refractivity (Wildman–Crippen MR) is 85.9 cm³/mol. The summed E-state index contributed by atoms with van der Waals surface area (Å²) in [4.78, 5) is 16.0. The zero-order valence-electron chi connectivity index (χ0n) is 13.4. The van der Waals surface area contributed by atoms with Crippen LogP contribution in [-0.2, 0) is 11.3 Å². The molecular weight excluding hydrogens is 278 g/mol. The van der Waals surface area contributed by atoms with E-state index < -0.39 is 6.10 Å². The first-order valence-corrected chi connectivity index (χ1v) is 7.53. The summed E-state index contributed by atoms with van der Waals surface area (Å²) in [6, 6.07) is 5.96. The van der Waals surface area contributed by atoms with Crippen LogP contribution in [0.1, 0.15) is 24.5 Å². The Labute approximate surface area is 131 Å². The van der Waals surface area contributed by atoms with Crippen molar-refractivity contribution in [2.45, 2.75) is 39.8 Å². The minimum absolute atomic E-state index is 0.0928. The van der Waals surface area contributed by atoms with E-state index in [4.69, 9.17) is 4.74 Å². The second-order valence-corrected chi connectivity index (χ2v) is 5.53. The zero-order chi connectivity index (χ0) is 15.9. The van der Waals surface area contributed by atoms with Gasteiger partial charge in [-0.25, -0.2) is 4.98 Å². The van der Waals surface area contributed by atoms with Crippen molar-refractivity contribution in [3.8, 4) is 5.75 Å². The van der Waals surface area contributed by atoms with Crippen molar-refractivity contribution < 1.29 is 9.53 Å². The van der Waals surface area contributed by atoms with Gasteiger partial charge in [0.05, 0.1) is 6.33 Å². The Morgan fingerprint density at radius 3 is 2.68 bits per heavy atom. The second kappa shape index (κ2) is 7.64. The standard InChI is InChI=1S/C17H23N3O2/c1-13-9-14(2)11-16(10-13)22-15(3)17(21)19-5-4-7-20-8-6-18-12-20/h6,8-12,15H,4-5,7H2,1-3H3,(H,19,21)/t15-/m1/s1. The van der Waals surface area contributed by atoms with Gasteiger partial charge >= 0.3 is 0 Å². The van der Waals surface area contributed by atoms with Crippen LogP contribution < -0.4 is 10.1 Å². The maximum absolute atomic E-state index is 12.0. The molecule has 0 saturated heterocycles. The van der Waals surface area contributed by atoms with Crippen LogP contribution in [0.5, 0.6) is 5.75 Å².